The lowest BCUT2D eigenvalue weighted by molar-refractivity contribution is 0.479. The van der Waals surface area contributed by atoms with Gasteiger partial charge in [0.25, 0.3) is 0 Å². The van der Waals surface area contributed by atoms with E-state index in [1.807, 2.05) is 12.1 Å². The fourth-order valence-electron chi connectivity index (χ4n) is 3.02. The molecule has 0 aliphatic carbocycles. The van der Waals surface area contributed by atoms with Gasteiger partial charge in [0, 0.05) is 22.5 Å². The van der Waals surface area contributed by atoms with Gasteiger partial charge in [-0.15, -0.1) is 0 Å². The van der Waals surface area contributed by atoms with Crippen LogP contribution in [0.4, 0.5) is 5.69 Å². The molecule has 3 nitrogen and oxygen atoms in total. The summed E-state index contributed by atoms with van der Waals surface area (Å²) in [5.74, 6) is 0. The number of furan rings is 1. The van der Waals surface area contributed by atoms with Gasteiger partial charge >= 0.3 is 0 Å². The largest absolute Gasteiger partial charge is 0.456 e. The van der Waals surface area contributed by atoms with Crippen molar-refractivity contribution in [2.24, 2.45) is 0 Å². The zero-order valence-electron chi connectivity index (χ0n) is 11.4. The molecule has 0 saturated carbocycles. The van der Waals surface area contributed by atoms with E-state index in [1.54, 1.807) is 0 Å². The number of benzene rings is 2. The Labute approximate surface area is 118 Å². The van der Waals surface area contributed by atoms with Crippen molar-refractivity contribution in [2.45, 2.75) is 18.9 Å². The highest BCUT2D eigenvalue weighted by Crippen LogP contribution is 2.30. The van der Waals surface area contributed by atoms with Crippen LogP contribution in [-0.2, 0) is 0 Å². The highest BCUT2D eigenvalue weighted by Gasteiger charge is 2.13. The molecule has 1 saturated heterocycles. The van der Waals surface area contributed by atoms with Gasteiger partial charge < -0.3 is 15.1 Å². The van der Waals surface area contributed by atoms with Gasteiger partial charge in [0.15, 0.2) is 0 Å². The molecule has 0 bridgehead atoms. The SMILES string of the molecule is c1ccc2c(c1)oc1ccc(NC3CCNCC3)cc12. The maximum Gasteiger partial charge on any atom is 0.135 e. The Balaban J connectivity index is 1.71. The average Bonchev–Trinajstić information content (AvgIpc) is 2.86. The second-order valence-electron chi connectivity index (χ2n) is 5.48. The van der Waals surface area contributed by atoms with E-state index in [0.29, 0.717) is 6.04 Å². The van der Waals surface area contributed by atoms with E-state index in [4.69, 9.17) is 4.42 Å². The smallest absolute Gasteiger partial charge is 0.135 e. The molecule has 20 heavy (non-hydrogen) atoms. The van der Waals surface area contributed by atoms with E-state index in [-0.39, 0.29) is 0 Å². The standard InChI is InChI=1S/C17H18N2O/c1-2-4-16-14(3-1)15-11-13(5-6-17(15)20-16)19-12-7-9-18-10-8-12/h1-6,11-12,18-19H,7-10H2. The van der Waals surface area contributed by atoms with Crippen molar-refractivity contribution in [3.8, 4) is 0 Å². The van der Waals surface area contributed by atoms with E-state index >= 15 is 0 Å². The molecule has 0 amide bonds. The minimum Gasteiger partial charge on any atom is -0.456 e. The first kappa shape index (κ1) is 11.8. The Morgan fingerprint density at radius 1 is 0.950 bits per heavy atom. The lowest BCUT2D eigenvalue weighted by atomic mass is 10.1. The lowest BCUT2D eigenvalue weighted by Crippen LogP contribution is -2.35. The van der Waals surface area contributed by atoms with Crippen molar-refractivity contribution in [3.05, 3.63) is 42.5 Å². The molecule has 1 fully saturated rings. The van der Waals surface area contributed by atoms with Gasteiger partial charge in [0.2, 0.25) is 0 Å². The van der Waals surface area contributed by atoms with Crippen LogP contribution in [0.3, 0.4) is 0 Å². The molecule has 0 atom stereocenters. The normalized spacial score (nSPS) is 16.8. The van der Waals surface area contributed by atoms with Crippen molar-refractivity contribution >= 4 is 27.6 Å². The van der Waals surface area contributed by atoms with Crippen LogP contribution in [0.2, 0.25) is 0 Å². The molecule has 1 aliphatic rings. The number of hydrogen-bond donors (Lipinski definition) is 2. The maximum absolute atomic E-state index is 5.86. The summed E-state index contributed by atoms with van der Waals surface area (Å²) in [4.78, 5) is 0. The van der Waals surface area contributed by atoms with Crippen LogP contribution in [0, 0.1) is 0 Å². The van der Waals surface area contributed by atoms with Crippen LogP contribution < -0.4 is 10.6 Å². The fourth-order valence-corrected chi connectivity index (χ4v) is 3.02. The molecule has 0 spiro atoms. The van der Waals surface area contributed by atoms with Gasteiger partial charge in [0.1, 0.15) is 11.2 Å². The van der Waals surface area contributed by atoms with Crippen molar-refractivity contribution in [3.63, 3.8) is 0 Å². The summed E-state index contributed by atoms with van der Waals surface area (Å²) in [5.41, 5.74) is 3.11. The molecule has 2 N–H and O–H groups in total. The Bertz CT molecular complexity index is 741. The average molecular weight is 266 g/mol. The number of anilines is 1. The Morgan fingerprint density at radius 2 is 1.75 bits per heavy atom. The summed E-state index contributed by atoms with van der Waals surface area (Å²) >= 11 is 0. The van der Waals surface area contributed by atoms with Crippen molar-refractivity contribution in [2.75, 3.05) is 18.4 Å². The fraction of sp³-hybridized carbons (Fsp3) is 0.294. The highest BCUT2D eigenvalue weighted by atomic mass is 16.3. The predicted molar refractivity (Wildman–Crippen MR) is 83.2 cm³/mol. The second kappa shape index (κ2) is 4.84. The highest BCUT2D eigenvalue weighted by molar-refractivity contribution is 6.05. The lowest BCUT2D eigenvalue weighted by Gasteiger charge is -2.24. The molecule has 1 aliphatic heterocycles. The molecule has 3 heteroatoms. The van der Waals surface area contributed by atoms with Crippen LogP contribution in [0.5, 0.6) is 0 Å². The Hall–Kier alpha value is -2.00. The topological polar surface area (TPSA) is 37.2 Å². The zero-order chi connectivity index (χ0) is 13.4. The van der Waals surface area contributed by atoms with Crippen LogP contribution in [0.15, 0.2) is 46.9 Å². The van der Waals surface area contributed by atoms with Gasteiger partial charge in [-0.2, -0.15) is 0 Å². The summed E-state index contributed by atoms with van der Waals surface area (Å²) in [6, 6.07) is 15.2. The number of para-hydroxylation sites is 1. The minimum atomic E-state index is 0.576. The first-order valence-corrected chi connectivity index (χ1v) is 7.29. The predicted octanol–water partition coefficient (Wildman–Crippen LogP) is 3.75. The molecular formula is C17H18N2O. The van der Waals surface area contributed by atoms with Gasteiger partial charge in [-0.3, -0.25) is 0 Å². The number of hydrogen-bond acceptors (Lipinski definition) is 3. The van der Waals surface area contributed by atoms with Crippen LogP contribution >= 0.6 is 0 Å². The van der Waals surface area contributed by atoms with E-state index in [1.165, 1.54) is 29.3 Å². The number of rotatable bonds is 2. The molecule has 102 valence electrons. The third-order valence-corrected chi connectivity index (χ3v) is 4.09. The molecule has 0 unspecified atom stereocenters. The van der Waals surface area contributed by atoms with Crippen molar-refractivity contribution < 1.29 is 4.42 Å². The van der Waals surface area contributed by atoms with E-state index in [0.717, 1.165) is 24.3 Å². The Morgan fingerprint density at radius 3 is 2.65 bits per heavy atom. The monoisotopic (exact) mass is 266 g/mol. The molecule has 4 rings (SSSR count). The minimum absolute atomic E-state index is 0.576. The number of fused-ring (bicyclic) bond motifs is 3. The number of nitrogens with one attached hydrogen (secondary N) is 2. The van der Waals surface area contributed by atoms with Crippen molar-refractivity contribution in [1.29, 1.82) is 0 Å². The summed E-state index contributed by atoms with van der Waals surface area (Å²) < 4.78 is 5.86. The van der Waals surface area contributed by atoms with E-state index in [9.17, 15) is 0 Å². The molecule has 3 aromatic rings. The van der Waals surface area contributed by atoms with Crippen LogP contribution in [0.1, 0.15) is 12.8 Å². The molecule has 0 radical (unpaired) electrons. The van der Waals surface area contributed by atoms with Crippen LogP contribution in [-0.4, -0.2) is 19.1 Å². The van der Waals surface area contributed by atoms with Gasteiger partial charge in [0.05, 0.1) is 0 Å². The zero-order valence-corrected chi connectivity index (χ0v) is 11.4. The van der Waals surface area contributed by atoms with Crippen LogP contribution in [0.25, 0.3) is 21.9 Å². The first-order valence-electron chi connectivity index (χ1n) is 7.29. The summed E-state index contributed by atoms with van der Waals surface area (Å²) in [7, 11) is 0. The third kappa shape index (κ3) is 2.04. The first-order chi connectivity index (χ1) is 9.90. The summed E-state index contributed by atoms with van der Waals surface area (Å²) in [5, 5.41) is 9.43. The molecule has 1 aromatic heterocycles. The van der Waals surface area contributed by atoms with Crippen molar-refractivity contribution in [1.82, 2.24) is 5.32 Å². The summed E-state index contributed by atoms with van der Waals surface area (Å²) in [6.45, 7) is 2.21. The number of piperidine rings is 1. The maximum atomic E-state index is 5.86. The molecule has 2 heterocycles. The van der Waals surface area contributed by atoms with E-state index in [2.05, 4.69) is 41.0 Å². The molecule has 2 aromatic carbocycles. The van der Waals surface area contributed by atoms with Gasteiger partial charge in [-0.05, 0) is 50.2 Å². The van der Waals surface area contributed by atoms with E-state index < -0.39 is 0 Å². The Kier molecular flexibility index (Phi) is 2.85. The van der Waals surface area contributed by atoms with Gasteiger partial charge in [-0.1, -0.05) is 18.2 Å². The quantitative estimate of drug-likeness (QED) is 0.741. The second-order valence-corrected chi connectivity index (χ2v) is 5.48. The third-order valence-electron chi connectivity index (χ3n) is 4.09. The summed E-state index contributed by atoms with van der Waals surface area (Å²) in [6.07, 6.45) is 2.37. The molecular weight excluding hydrogens is 248 g/mol. The van der Waals surface area contributed by atoms with Gasteiger partial charge in [-0.25, -0.2) is 0 Å².